The fourth-order valence-electron chi connectivity index (χ4n) is 4.35. The Morgan fingerprint density at radius 1 is 0.938 bits per heavy atom. The van der Waals surface area contributed by atoms with Crippen molar-refractivity contribution in [2.24, 2.45) is 0 Å². The summed E-state index contributed by atoms with van der Waals surface area (Å²) in [5.74, 6) is -0.266. The van der Waals surface area contributed by atoms with Gasteiger partial charge in [-0.3, -0.25) is 9.59 Å². The van der Waals surface area contributed by atoms with Crippen LogP contribution in [-0.4, -0.2) is 41.7 Å². The van der Waals surface area contributed by atoms with Crippen LogP contribution in [0.2, 0.25) is 5.02 Å². The molecule has 0 radical (unpaired) electrons. The number of morpholine rings is 1. The van der Waals surface area contributed by atoms with Crippen molar-refractivity contribution < 1.29 is 9.53 Å². The van der Waals surface area contributed by atoms with E-state index in [1.54, 1.807) is 15.5 Å². The van der Waals surface area contributed by atoms with Gasteiger partial charge in [-0.15, -0.1) is 0 Å². The first-order valence-corrected chi connectivity index (χ1v) is 11.2. The van der Waals surface area contributed by atoms with Crippen LogP contribution in [0.3, 0.4) is 0 Å². The van der Waals surface area contributed by atoms with E-state index in [2.05, 4.69) is 6.92 Å². The molecule has 0 N–H and O–H groups in total. The first kappa shape index (κ1) is 22.3. The lowest BCUT2D eigenvalue weighted by molar-refractivity contribution is 0.0301. The van der Waals surface area contributed by atoms with Gasteiger partial charge in [-0.05, 0) is 42.3 Å². The zero-order valence-electron chi connectivity index (χ0n) is 18.3. The minimum Gasteiger partial charge on any atom is -0.378 e. The van der Waals surface area contributed by atoms with Crippen LogP contribution in [0.5, 0.6) is 0 Å². The first-order valence-electron chi connectivity index (χ1n) is 10.9. The number of nitrogens with zero attached hydrogens (tertiary/aromatic N) is 2. The first-order chi connectivity index (χ1) is 15.5. The van der Waals surface area contributed by atoms with Gasteiger partial charge in [0.15, 0.2) is 0 Å². The maximum absolute atomic E-state index is 13.7. The predicted octanol–water partition coefficient (Wildman–Crippen LogP) is 4.68. The Labute approximate surface area is 193 Å². The number of amides is 1. The van der Waals surface area contributed by atoms with E-state index in [4.69, 9.17) is 16.3 Å². The Bertz CT molecular complexity index is 1140. The van der Waals surface area contributed by atoms with Crippen molar-refractivity contribution in [1.82, 2.24) is 9.47 Å². The maximum atomic E-state index is 13.7. The third-order valence-electron chi connectivity index (χ3n) is 6.14. The van der Waals surface area contributed by atoms with E-state index < -0.39 is 0 Å². The number of carbonyl (C=O) groups excluding carboxylic acids is 1. The summed E-state index contributed by atoms with van der Waals surface area (Å²) in [6.45, 7) is 5.99. The molecule has 2 atom stereocenters. The van der Waals surface area contributed by atoms with E-state index in [1.807, 2.05) is 67.6 Å². The third kappa shape index (κ3) is 4.50. The molecule has 0 aliphatic carbocycles. The van der Waals surface area contributed by atoms with Gasteiger partial charge in [-0.25, -0.2) is 0 Å². The summed E-state index contributed by atoms with van der Waals surface area (Å²) in [7, 11) is 0. The van der Waals surface area contributed by atoms with Crippen LogP contribution in [0.15, 0.2) is 71.5 Å². The Morgan fingerprint density at radius 2 is 1.59 bits per heavy atom. The third-order valence-corrected chi connectivity index (χ3v) is 6.39. The fraction of sp³-hybridized carbons (Fsp3) is 0.308. The highest BCUT2D eigenvalue weighted by Crippen LogP contribution is 2.34. The highest BCUT2D eigenvalue weighted by molar-refractivity contribution is 6.30. The van der Waals surface area contributed by atoms with Crippen molar-refractivity contribution in [1.29, 1.82) is 0 Å². The van der Waals surface area contributed by atoms with Crippen LogP contribution >= 0.6 is 11.6 Å². The van der Waals surface area contributed by atoms with Crippen molar-refractivity contribution in [2.75, 3.05) is 26.3 Å². The van der Waals surface area contributed by atoms with Crippen LogP contribution in [-0.2, 0) is 4.74 Å². The lowest BCUT2D eigenvalue weighted by Gasteiger charge is -2.30. The van der Waals surface area contributed by atoms with Crippen LogP contribution in [0.4, 0.5) is 0 Å². The van der Waals surface area contributed by atoms with Gasteiger partial charge < -0.3 is 14.2 Å². The molecule has 3 aromatic rings. The van der Waals surface area contributed by atoms with Gasteiger partial charge in [-0.2, -0.15) is 0 Å². The van der Waals surface area contributed by atoms with Crippen LogP contribution in [0, 0.1) is 6.92 Å². The average molecular weight is 451 g/mol. The highest BCUT2D eigenvalue weighted by Gasteiger charge is 2.28. The summed E-state index contributed by atoms with van der Waals surface area (Å²) >= 11 is 6.10. The van der Waals surface area contributed by atoms with Gasteiger partial charge in [0.2, 0.25) is 0 Å². The van der Waals surface area contributed by atoms with Crippen LogP contribution in [0.1, 0.15) is 46.1 Å². The molecule has 6 heteroatoms. The van der Waals surface area contributed by atoms with Crippen molar-refractivity contribution in [3.8, 4) is 0 Å². The number of hydrogen-bond acceptors (Lipinski definition) is 3. The molecule has 1 aliphatic heterocycles. The summed E-state index contributed by atoms with van der Waals surface area (Å²) in [6.07, 6.45) is 0. The molecule has 1 saturated heterocycles. The SMILES string of the molecule is Cc1ccc(C(=O)N2CCOCC2)c(=O)n1[C@@H](c1ccccc1)[C@H](C)c1ccc(Cl)cc1. The van der Waals surface area contributed by atoms with E-state index in [9.17, 15) is 9.59 Å². The molecule has 0 bridgehead atoms. The molecule has 0 saturated carbocycles. The Hall–Kier alpha value is -2.89. The predicted molar refractivity (Wildman–Crippen MR) is 127 cm³/mol. The lowest BCUT2D eigenvalue weighted by atomic mass is 9.87. The second-order valence-corrected chi connectivity index (χ2v) is 8.60. The zero-order valence-corrected chi connectivity index (χ0v) is 19.1. The number of aromatic nitrogens is 1. The van der Waals surface area contributed by atoms with E-state index in [0.717, 1.165) is 16.8 Å². The number of ether oxygens (including phenoxy) is 1. The van der Waals surface area contributed by atoms with Gasteiger partial charge in [0, 0.05) is 29.7 Å². The summed E-state index contributed by atoms with van der Waals surface area (Å²) in [4.78, 5) is 28.6. The van der Waals surface area contributed by atoms with Gasteiger partial charge in [0.1, 0.15) is 5.56 Å². The van der Waals surface area contributed by atoms with E-state index in [0.29, 0.717) is 31.3 Å². The largest absolute Gasteiger partial charge is 0.378 e. The Morgan fingerprint density at radius 3 is 2.25 bits per heavy atom. The molecule has 1 aromatic heterocycles. The van der Waals surface area contributed by atoms with Crippen LogP contribution < -0.4 is 5.56 Å². The molecule has 166 valence electrons. The fourth-order valence-corrected chi connectivity index (χ4v) is 4.48. The smallest absolute Gasteiger partial charge is 0.264 e. The molecule has 32 heavy (non-hydrogen) atoms. The van der Waals surface area contributed by atoms with E-state index in [1.165, 1.54) is 0 Å². The van der Waals surface area contributed by atoms with Gasteiger partial charge in [0.05, 0.1) is 19.3 Å². The van der Waals surface area contributed by atoms with E-state index >= 15 is 0 Å². The molecule has 2 heterocycles. The molecule has 0 spiro atoms. The Kier molecular flexibility index (Phi) is 6.77. The average Bonchev–Trinajstić information content (AvgIpc) is 2.82. The molecule has 1 aliphatic rings. The topological polar surface area (TPSA) is 51.5 Å². The van der Waals surface area contributed by atoms with Crippen molar-refractivity contribution >= 4 is 17.5 Å². The summed E-state index contributed by atoms with van der Waals surface area (Å²) < 4.78 is 7.12. The molecule has 1 amide bonds. The number of aryl methyl sites for hydroxylation is 1. The molecule has 2 aromatic carbocycles. The number of rotatable bonds is 5. The van der Waals surface area contributed by atoms with Crippen molar-refractivity contribution in [3.63, 3.8) is 0 Å². The summed E-state index contributed by atoms with van der Waals surface area (Å²) in [5, 5.41) is 0.670. The molecular weight excluding hydrogens is 424 g/mol. The van der Waals surface area contributed by atoms with Crippen molar-refractivity contribution in [2.45, 2.75) is 25.8 Å². The monoisotopic (exact) mass is 450 g/mol. The number of halogens is 1. The maximum Gasteiger partial charge on any atom is 0.264 e. The molecular formula is C26H27ClN2O3. The minimum absolute atomic E-state index is 0.0280. The minimum atomic E-state index is -0.276. The number of carbonyl (C=O) groups is 1. The summed E-state index contributed by atoms with van der Waals surface area (Å²) in [6, 6.07) is 20.9. The number of pyridine rings is 1. The standard InChI is InChI=1S/C26H27ClN2O3/c1-18-8-13-23(25(30)28-14-16-32-17-15-28)26(31)29(18)24(21-6-4-3-5-7-21)19(2)20-9-11-22(27)12-10-20/h3-13,19,24H,14-17H2,1-2H3/t19-,24-/m1/s1. The Balaban J connectivity index is 1.83. The highest BCUT2D eigenvalue weighted by atomic mass is 35.5. The second kappa shape index (κ2) is 9.72. The molecule has 5 nitrogen and oxygen atoms in total. The lowest BCUT2D eigenvalue weighted by Crippen LogP contribution is -2.44. The van der Waals surface area contributed by atoms with E-state index in [-0.39, 0.29) is 29.0 Å². The van der Waals surface area contributed by atoms with Gasteiger partial charge >= 0.3 is 0 Å². The van der Waals surface area contributed by atoms with Crippen molar-refractivity contribution in [3.05, 3.63) is 104 Å². The normalized spacial score (nSPS) is 15.9. The van der Waals surface area contributed by atoms with Crippen LogP contribution in [0.25, 0.3) is 0 Å². The second-order valence-electron chi connectivity index (χ2n) is 8.16. The van der Waals surface area contributed by atoms with Gasteiger partial charge in [0.25, 0.3) is 11.5 Å². The molecule has 0 unspecified atom stereocenters. The zero-order chi connectivity index (χ0) is 22.7. The molecule has 1 fully saturated rings. The quantitative estimate of drug-likeness (QED) is 0.567. The number of benzene rings is 2. The molecule has 4 rings (SSSR count). The number of hydrogen-bond donors (Lipinski definition) is 0. The summed E-state index contributed by atoms with van der Waals surface area (Å²) in [5.41, 5.74) is 2.82. The van der Waals surface area contributed by atoms with Gasteiger partial charge in [-0.1, -0.05) is 61.0 Å².